The van der Waals surface area contributed by atoms with Crippen LogP contribution in [0, 0.1) is 0 Å². The SMILES string of the molecule is CC(C)(C)N(Cc1ccccc1)C(=O)OC1(CNc2cccnc2)CC1. The molecule has 1 fully saturated rings. The van der Waals surface area contributed by atoms with E-state index in [1.54, 1.807) is 17.3 Å². The number of hydrogen-bond acceptors (Lipinski definition) is 4. The van der Waals surface area contributed by atoms with E-state index < -0.39 is 5.60 Å². The van der Waals surface area contributed by atoms with Gasteiger partial charge in [-0.1, -0.05) is 30.3 Å². The van der Waals surface area contributed by atoms with Crippen molar-refractivity contribution in [1.29, 1.82) is 0 Å². The molecule has 0 atom stereocenters. The van der Waals surface area contributed by atoms with Gasteiger partial charge in [-0.2, -0.15) is 0 Å². The quantitative estimate of drug-likeness (QED) is 0.833. The van der Waals surface area contributed by atoms with E-state index in [4.69, 9.17) is 4.74 Å². The van der Waals surface area contributed by atoms with Gasteiger partial charge in [-0.05, 0) is 51.3 Å². The van der Waals surface area contributed by atoms with Gasteiger partial charge in [-0.15, -0.1) is 0 Å². The van der Waals surface area contributed by atoms with E-state index >= 15 is 0 Å². The maximum Gasteiger partial charge on any atom is 0.411 e. The Morgan fingerprint density at radius 1 is 1.19 bits per heavy atom. The van der Waals surface area contributed by atoms with E-state index in [0.29, 0.717) is 13.1 Å². The Balaban J connectivity index is 1.63. The Morgan fingerprint density at radius 3 is 2.50 bits per heavy atom. The van der Waals surface area contributed by atoms with Gasteiger partial charge in [0, 0.05) is 24.5 Å². The molecule has 26 heavy (non-hydrogen) atoms. The number of carbonyl (C=O) groups is 1. The van der Waals surface area contributed by atoms with E-state index in [1.165, 1.54) is 0 Å². The zero-order valence-corrected chi connectivity index (χ0v) is 15.7. The third-order valence-electron chi connectivity index (χ3n) is 4.60. The highest BCUT2D eigenvalue weighted by Gasteiger charge is 2.48. The monoisotopic (exact) mass is 353 g/mol. The van der Waals surface area contributed by atoms with Crippen molar-refractivity contribution in [3.8, 4) is 0 Å². The lowest BCUT2D eigenvalue weighted by molar-refractivity contribution is 0.0282. The lowest BCUT2D eigenvalue weighted by atomic mass is 10.1. The van der Waals surface area contributed by atoms with Crippen molar-refractivity contribution >= 4 is 11.8 Å². The van der Waals surface area contributed by atoms with Gasteiger partial charge in [0.2, 0.25) is 0 Å². The minimum absolute atomic E-state index is 0.258. The molecule has 0 radical (unpaired) electrons. The molecule has 5 heteroatoms. The zero-order chi connectivity index (χ0) is 18.6. The number of carbonyl (C=O) groups excluding carboxylic acids is 1. The van der Waals surface area contributed by atoms with Gasteiger partial charge in [-0.3, -0.25) is 9.88 Å². The number of nitrogens with one attached hydrogen (secondary N) is 1. The maximum atomic E-state index is 12.9. The highest BCUT2D eigenvalue weighted by Crippen LogP contribution is 2.40. The van der Waals surface area contributed by atoms with Crippen molar-refractivity contribution in [2.45, 2.75) is 51.3 Å². The van der Waals surface area contributed by atoms with Crippen LogP contribution >= 0.6 is 0 Å². The van der Waals surface area contributed by atoms with E-state index in [1.807, 2.05) is 63.2 Å². The molecule has 1 saturated carbocycles. The summed E-state index contributed by atoms with van der Waals surface area (Å²) in [4.78, 5) is 18.8. The summed E-state index contributed by atoms with van der Waals surface area (Å²) >= 11 is 0. The number of nitrogens with zero attached hydrogens (tertiary/aromatic N) is 2. The second-order valence-corrected chi connectivity index (χ2v) is 7.89. The highest BCUT2D eigenvalue weighted by atomic mass is 16.6. The fourth-order valence-electron chi connectivity index (χ4n) is 2.77. The first-order valence-electron chi connectivity index (χ1n) is 9.06. The third kappa shape index (κ3) is 4.75. The molecule has 3 rings (SSSR count). The summed E-state index contributed by atoms with van der Waals surface area (Å²) in [5.74, 6) is 0. The average Bonchev–Trinajstić information content (AvgIpc) is 3.38. The van der Waals surface area contributed by atoms with Crippen LogP contribution in [0.1, 0.15) is 39.2 Å². The number of rotatable bonds is 6. The first-order chi connectivity index (χ1) is 12.4. The topological polar surface area (TPSA) is 54.5 Å². The van der Waals surface area contributed by atoms with Crippen LogP contribution < -0.4 is 5.32 Å². The molecule has 5 nitrogen and oxygen atoms in total. The first kappa shape index (κ1) is 18.2. The van der Waals surface area contributed by atoms with Crippen molar-refractivity contribution in [2.75, 3.05) is 11.9 Å². The number of amides is 1. The first-order valence-corrected chi connectivity index (χ1v) is 9.06. The molecule has 0 unspecified atom stereocenters. The summed E-state index contributed by atoms with van der Waals surface area (Å²) in [6.07, 6.45) is 5.02. The summed E-state index contributed by atoms with van der Waals surface area (Å²) < 4.78 is 5.94. The van der Waals surface area contributed by atoms with Crippen molar-refractivity contribution in [1.82, 2.24) is 9.88 Å². The number of aromatic nitrogens is 1. The largest absolute Gasteiger partial charge is 0.441 e. The van der Waals surface area contributed by atoms with Crippen LogP contribution in [0.25, 0.3) is 0 Å². The van der Waals surface area contributed by atoms with Crippen LogP contribution in [0.15, 0.2) is 54.9 Å². The number of pyridine rings is 1. The molecule has 1 aromatic heterocycles. The lowest BCUT2D eigenvalue weighted by Gasteiger charge is -2.36. The summed E-state index contributed by atoms with van der Waals surface area (Å²) in [5, 5.41) is 3.32. The van der Waals surface area contributed by atoms with Crippen LogP contribution in [0.4, 0.5) is 10.5 Å². The highest BCUT2D eigenvalue weighted by molar-refractivity contribution is 5.69. The van der Waals surface area contributed by atoms with Gasteiger partial charge in [0.1, 0.15) is 5.60 Å². The molecule has 1 N–H and O–H groups in total. The minimum atomic E-state index is -0.410. The summed E-state index contributed by atoms with van der Waals surface area (Å²) in [6, 6.07) is 13.9. The Kier molecular flexibility index (Phi) is 5.16. The van der Waals surface area contributed by atoms with Crippen LogP contribution in [0.2, 0.25) is 0 Å². The van der Waals surface area contributed by atoms with Crippen LogP contribution in [-0.4, -0.2) is 33.7 Å². The average molecular weight is 353 g/mol. The van der Waals surface area contributed by atoms with Gasteiger partial charge < -0.3 is 10.1 Å². The standard InChI is InChI=1S/C21H27N3O2/c1-20(2,3)24(15-17-8-5-4-6-9-17)19(25)26-21(11-12-21)16-23-18-10-7-13-22-14-18/h4-10,13-14,23H,11-12,15-16H2,1-3H3. The molecule has 0 spiro atoms. The van der Waals surface area contributed by atoms with Crippen LogP contribution in [0.3, 0.4) is 0 Å². The molecule has 2 aromatic rings. The lowest BCUT2D eigenvalue weighted by Crippen LogP contribution is -2.47. The Hall–Kier alpha value is -2.56. The van der Waals surface area contributed by atoms with E-state index in [2.05, 4.69) is 10.3 Å². The molecule has 1 heterocycles. The van der Waals surface area contributed by atoms with Crippen LogP contribution in [0.5, 0.6) is 0 Å². The minimum Gasteiger partial charge on any atom is -0.441 e. The number of hydrogen-bond donors (Lipinski definition) is 1. The Bertz CT molecular complexity index is 722. The van der Waals surface area contributed by atoms with Crippen LogP contribution in [-0.2, 0) is 11.3 Å². The fraction of sp³-hybridized carbons (Fsp3) is 0.429. The van der Waals surface area contributed by atoms with Crippen molar-refractivity contribution in [3.05, 3.63) is 60.4 Å². The summed E-state index contributed by atoms with van der Waals surface area (Å²) in [5.41, 5.74) is 1.30. The predicted octanol–water partition coefficient (Wildman–Crippen LogP) is 4.46. The van der Waals surface area contributed by atoms with Gasteiger partial charge in [0.25, 0.3) is 0 Å². The molecule has 1 aliphatic rings. The van der Waals surface area contributed by atoms with Crippen molar-refractivity contribution in [3.63, 3.8) is 0 Å². The second kappa shape index (κ2) is 7.36. The van der Waals surface area contributed by atoms with Crippen molar-refractivity contribution < 1.29 is 9.53 Å². The molecule has 1 aromatic carbocycles. The van der Waals surface area contributed by atoms with E-state index in [0.717, 1.165) is 24.1 Å². The Morgan fingerprint density at radius 2 is 1.92 bits per heavy atom. The fourth-order valence-corrected chi connectivity index (χ4v) is 2.77. The molecule has 0 saturated heterocycles. The number of benzene rings is 1. The number of ether oxygens (including phenoxy) is 1. The molecule has 0 bridgehead atoms. The van der Waals surface area contributed by atoms with E-state index in [9.17, 15) is 4.79 Å². The normalized spacial score (nSPS) is 15.2. The molecule has 1 amide bonds. The zero-order valence-electron chi connectivity index (χ0n) is 15.7. The summed E-state index contributed by atoms with van der Waals surface area (Å²) in [7, 11) is 0. The molecule has 138 valence electrons. The van der Waals surface area contributed by atoms with Gasteiger partial charge in [-0.25, -0.2) is 4.79 Å². The van der Waals surface area contributed by atoms with Gasteiger partial charge in [0.05, 0.1) is 12.2 Å². The third-order valence-corrected chi connectivity index (χ3v) is 4.60. The smallest absolute Gasteiger partial charge is 0.411 e. The Labute approximate surface area is 155 Å². The van der Waals surface area contributed by atoms with Gasteiger partial charge in [0.15, 0.2) is 0 Å². The second-order valence-electron chi connectivity index (χ2n) is 7.89. The molecule has 1 aliphatic carbocycles. The molecular weight excluding hydrogens is 326 g/mol. The summed E-state index contributed by atoms with van der Waals surface area (Å²) in [6.45, 7) is 7.24. The number of anilines is 1. The van der Waals surface area contributed by atoms with Gasteiger partial charge >= 0.3 is 6.09 Å². The molecule has 0 aliphatic heterocycles. The maximum absolute atomic E-state index is 12.9. The molecular formula is C21H27N3O2. The van der Waals surface area contributed by atoms with E-state index in [-0.39, 0.29) is 11.6 Å². The predicted molar refractivity (Wildman–Crippen MR) is 103 cm³/mol. The van der Waals surface area contributed by atoms with Crippen molar-refractivity contribution in [2.24, 2.45) is 0 Å².